The lowest BCUT2D eigenvalue weighted by atomic mass is 10.2. The van der Waals surface area contributed by atoms with Crippen LogP contribution in [-0.2, 0) is 4.74 Å². The highest BCUT2D eigenvalue weighted by atomic mass is 19.1. The summed E-state index contributed by atoms with van der Waals surface area (Å²) in [5.74, 6) is -1.63. The van der Waals surface area contributed by atoms with Gasteiger partial charge in [0.15, 0.2) is 5.75 Å². The van der Waals surface area contributed by atoms with Gasteiger partial charge in [0.05, 0.1) is 13.7 Å². The minimum Gasteiger partial charge on any atom is -0.491 e. The molecule has 14 heavy (non-hydrogen) atoms. The van der Waals surface area contributed by atoms with Crippen molar-refractivity contribution in [3.63, 3.8) is 0 Å². The van der Waals surface area contributed by atoms with Crippen molar-refractivity contribution in [1.29, 1.82) is 0 Å². The van der Waals surface area contributed by atoms with E-state index >= 15 is 0 Å². The van der Waals surface area contributed by atoms with E-state index in [1.807, 2.05) is 0 Å². The predicted molar refractivity (Wildman–Crippen MR) is 46.7 cm³/mol. The molecule has 0 saturated carbocycles. The summed E-state index contributed by atoms with van der Waals surface area (Å²) in [7, 11) is 1.27. The van der Waals surface area contributed by atoms with E-state index in [1.165, 1.54) is 19.4 Å². The van der Waals surface area contributed by atoms with Gasteiger partial charge in [-0.3, -0.25) is 0 Å². The fourth-order valence-corrected chi connectivity index (χ4v) is 0.986. The fourth-order valence-electron chi connectivity index (χ4n) is 0.986. The quantitative estimate of drug-likeness (QED) is 0.545. The van der Waals surface area contributed by atoms with Gasteiger partial charge < -0.3 is 9.47 Å². The van der Waals surface area contributed by atoms with Gasteiger partial charge in [-0.15, -0.1) is 0 Å². The van der Waals surface area contributed by atoms with Gasteiger partial charge in [0, 0.05) is 6.20 Å². The first-order chi connectivity index (χ1) is 6.70. The van der Waals surface area contributed by atoms with Crippen LogP contribution >= 0.6 is 0 Å². The second-order valence-corrected chi connectivity index (χ2v) is 2.40. The van der Waals surface area contributed by atoms with Crippen molar-refractivity contribution in [1.82, 2.24) is 4.98 Å². The summed E-state index contributed by atoms with van der Waals surface area (Å²) in [5, 5.41) is 0. The smallest absolute Gasteiger partial charge is 0.342 e. The van der Waals surface area contributed by atoms with E-state index < -0.39 is 11.9 Å². The molecule has 0 spiro atoms. The minimum absolute atomic E-state index is 0.0434. The molecular weight excluding hydrogens is 189 g/mol. The van der Waals surface area contributed by atoms with Gasteiger partial charge in [0.25, 0.3) is 5.95 Å². The molecule has 1 heterocycles. The maximum absolute atomic E-state index is 13.0. The van der Waals surface area contributed by atoms with Crippen LogP contribution in [0.15, 0.2) is 12.3 Å². The van der Waals surface area contributed by atoms with E-state index in [2.05, 4.69) is 4.98 Å². The van der Waals surface area contributed by atoms with Gasteiger partial charge >= 0.3 is 5.97 Å². The fraction of sp³-hybridized carbons (Fsp3) is 0.333. The molecule has 0 amide bonds. The Kier molecular flexibility index (Phi) is 3.39. The predicted octanol–water partition coefficient (Wildman–Crippen LogP) is 1.41. The molecule has 76 valence electrons. The minimum atomic E-state index is -0.821. The van der Waals surface area contributed by atoms with Crippen LogP contribution in [0, 0.1) is 5.95 Å². The van der Waals surface area contributed by atoms with E-state index in [1.54, 1.807) is 6.92 Å². The first kappa shape index (κ1) is 10.4. The molecule has 1 aromatic heterocycles. The maximum atomic E-state index is 13.0. The van der Waals surface area contributed by atoms with Crippen LogP contribution in [0.1, 0.15) is 17.3 Å². The molecule has 0 unspecified atom stereocenters. The lowest BCUT2D eigenvalue weighted by molar-refractivity contribution is 0.0521. The SMILES string of the molecule is CCOC(=O)c1ccnc(F)c1OC. The Morgan fingerprint density at radius 3 is 2.93 bits per heavy atom. The molecule has 0 aromatic carbocycles. The molecular formula is C9H10FNO3. The van der Waals surface area contributed by atoms with E-state index in [0.29, 0.717) is 0 Å². The molecule has 0 saturated heterocycles. The monoisotopic (exact) mass is 199 g/mol. The summed E-state index contributed by atoms with van der Waals surface area (Å²) in [4.78, 5) is 14.6. The second kappa shape index (κ2) is 4.55. The highest BCUT2D eigenvalue weighted by molar-refractivity contribution is 5.92. The number of nitrogens with zero attached hydrogens (tertiary/aromatic N) is 1. The third-order valence-electron chi connectivity index (χ3n) is 1.56. The van der Waals surface area contributed by atoms with Crippen molar-refractivity contribution >= 4 is 5.97 Å². The van der Waals surface area contributed by atoms with Gasteiger partial charge in [0.1, 0.15) is 5.56 Å². The summed E-state index contributed by atoms with van der Waals surface area (Å²) in [5.41, 5.74) is 0.0434. The number of ether oxygens (including phenoxy) is 2. The average Bonchev–Trinajstić information content (AvgIpc) is 2.17. The van der Waals surface area contributed by atoms with E-state index in [0.717, 1.165) is 0 Å². The Hall–Kier alpha value is -1.65. The molecule has 0 bridgehead atoms. The molecule has 0 radical (unpaired) electrons. The van der Waals surface area contributed by atoms with Gasteiger partial charge in [-0.2, -0.15) is 4.39 Å². The van der Waals surface area contributed by atoms with Crippen LogP contribution in [0.5, 0.6) is 5.75 Å². The highest BCUT2D eigenvalue weighted by Crippen LogP contribution is 2.20. The van der Waals surface area contributed by atoms with Crippen LogP contribution in [0.3, 0.4) is 0 Å². The number of carbonyl (C=O) groups excluding carboxylic acids is 1. The van der Waals surface area contributed by atoms with E-state index in [4.69, 9.17) is 9.47 Å². The number of carbonyl (C=O) groups is 1. The Morgan fingerprint density at radius 1 is 1.64 bits per heavy atom. The third-order valence-corrected chi connectivity index (χ3v) is 1.56. The zero-order chi connectivity index (χ0) is 10.6. The van der Waals surface area contributed by atoms with Crippen molar-refractivity contribution in [2.45, 2.75) is 6.92 Å². The number of rotatable bonds is 3. The average molecular weight is 199 g/mol. The van der Waals surface area contributed by atoms with Gasteiger partial charge in [0.2, 0.25) is 0 Å². The number of pyridine rings is 1. The molecule has 4 nitrogen and oxygen atoms in total. The van der Waals surface area contributed by atoms with Gasteiger partial charge in [-0.05, 0) is 13.0 Å². The Labute approximate surface area is 80.7 Å². The molecule has 0 aliphatic heterocycles. The summed E-state index contributed by atoms with van der Waals surface area (Å²) < 4.78 is 22.4. The molecule has 0 fully saturated rings. The summed E-state index contributed by atoms with van der Waals surface area (Å²) in [6.07, 6.45) is 1.18. The Morgan fingerprint density at radius 2 is 2.36 bits per heavy atom. The molecule has 1 rings (SSSR count). The van der Waals surface area contributed by atoms with Crippen molar-refractivity contribution < 1.29 is 18.7 Å². The standard InChI is InChI=1S/C9H10FNO3/c1-3-14-9(12)6-4-5-11-8(10)7(6)13-2/h4-5H,3H2,1-2H3. The molecule has 0 aliphatic rings. The zero-order valence-corrected chi connectivity index (χ0v) is 7.91. The van der Waals surface area contributed by atoms with E-state index in [9.17, 15) is 9.18 Å². The third kappa shape index (κ3) is 1.99. The molecule has 0 atom stereocenters. The lowest BCUT2D eigenvalue weighted by Gasteiger charge is -2.06. The van der Waals surface area contributed by atoms with Crippen LogP contribution in [0.2, 0.25) is 0 Å². The number of halogens is 1. The van der Waals surface area contributed by atoms with Crippen LogP contribution < -0.4 is 4.74 Å². The van der Waals surface area contributed by atoms with Crippen molar-refractivity contribution in [2.75, 3.05) is 13.7 Å². The van der Waals surface area contributed by atoms with E-state index in [-0.39, 0.29) is 17.9 Å². The molecule has 5 heteroatoms. The number of hydrogen-bond donors (Lipinski definition) is 0. The zero-order valence-electron chi connectivity index (χ0n) is 7.91. The topological polar surface area (TPSA) is 48.4 Å². The largest absolute Gasteiger partial charge is 0.491 e. The summed E-state index contributed by atoms with van der Waals surface area (Å²) in [6, 6.07) is 1.35. The van der Waals surface area contributed by atoms with Crippen molar-refractivity contribution in [2.24, 2.45) is 0 Å². The first-order valence-electron chi connectivity index (χ1n) is 4.06. The second-order valence-electron chi connectivity index (χ2n) is 2.40. The van der Waals surface area contributed by atoms with Crippen molar-refractivity contribution in [3.05, 3.63) is 23.8 Å². The maximum Gasteiger partial charge on any atom is 0.342 e. The first-order valence-corrected chi connectivity index (χ1v) is 4.06. The van der Waals surface area contributed by atoms with Crippen molar-refractivity contribution in [3.8, 4) is 5.75 Å². The van der Waals surface area contributed by atoms with Crippen LogP contribution in [-0.4, -0.2) is 24.7 Å². The lowest BCUT2D eigenvalue weighted by Crippen LogP contribution is -2.08. The number of aromatic nitrogens is 1. The highest BCUT2D eigenvalue weighted by Gasteiger charge is 2.17. The Bertz CT molecular complexity index is 341. The van der Waals surface area contributed by atoms with Crippen LogP contribution in [0.4, 0.5) is 4.39 Å². The molecule has 0 N–H and O–H groups in total. The molecule has 0 aliphatic carbocycles. The summed E-state index contributed by atoms with van der Waals surface area (Å²) >= 11 is 0. The van der Waals surface area contributed by atoms with Gasteiger partial charge in [-0.1, -0.05) is 0 Å². The Balaban J connectivity index is 3.07. The normalized spacial score (nSPS) is 9.64. The number of hydrogen-bond acceptors (Lipinski definition) is 4. The number of methoxy groups -OCH3 is 1. The summed E-state index contributed by atoms with van der Waals surface area (Å²) in [6.45, 7) is 1.90. The van der Waals surface area contributed by atoms with Gasteiger partial charge in [-0.25, -0.2) is 9.78 Å². The number of esters is 1. The van der Waals surface area contributed by atoms with Crippen LogP contribution in [0.25, 0.3) is 0 Å². The molecule has 1 aromatic rings.